The van der Waals surface area contributed by atoms with Crippen LogP contribution in [0.3, 0.4) is 0 Å². The van der Waals surface area contributed by atoms with Gasteiger partial charge in [-0.1, -0.05) is 0 Å². The van der Waals surface area contributed by atoms with E-state index in [1.54, 1.807) is 37.6 Å². The first-order valence-electron chi connectivity index (χ1n) is 6.54. The van der Waals surface area contributed by atoms with E-state index in [1.165, 1.54) is 13.3 Å². The summed E-state index contributed by atoms with van der Waals surface area (Å²) in [4.78, 5) is 16.6. The van der Waals surface area contributed by atoms with Crippen molar-refractivity contribution in [2.45, 2.75) is 6.92 Å². The van der Waals surface area contributed by atoms with Crippen LogP contribution in [0.1, 0.15) is 22.8 Å². The summed E-state index contributed by atoms with van der Waals surface area (Å²) < 4.78 is 15.8. The lowest BCUT2D eigenvalue weighted by atomic mass is 10.0. The molecule has 0 atom stereocenters. The first-order valence-corrected chi connectivity index (χ1v) is 6.54. The highest BCUT2D eigenvalue weighted by atomic mass is 16.5. The Morgan fingerprint density at radius 3 is 2.57 bits per heavy atom. The van der Waals surface area contributed by atoms with Crippen LogP contribution in [-0.4, -0.2) is 31.6 Å². The van der Waals surface area contributed by atoms with Crippen molar-refractivity contribution in [2.24, 2.45) is 0 Å². The lowest BCUT2D eigenvalue weighted by molar-refractivity contribution is 0.103. The summed E-state index contributed by atoms with van der Waals surface area (Å²) >= 11 is 0. The van der Waals surface area contributed by atoms with Crippen LogP contribution in [0.5, 0.6) is 17.2 Å². The van der Waals surface area contributed by atoms with Crippen LogP contribution in [-0.2, 0) is 0 Å². The molecule has 0 saturated carbocycles. The van der Waals surface area contributed by atoms with Gasteiger partial charge in [-0.15, -0.1) is 0 Å². The van der Waals surface area contributed by atoms with Crippen LogP contribution in [0, 0.1) is 0 Å². The normalized spacial score (nSPS) is 10.0. The molecule has 0 N–H and O–H groups in total. The average molecular weight is 287 g/mol. The minimum absolute atomic E-state index is 0.195. The van der Waals surface area contributed by atoms with Gasteiger partial charge in [0.25, 0.3) is 0 Å². The highest BCUT2D eigenvalue weighted by molar-refractivity contribution is 6.11. The number of nitrogens with zero attached hydrogens (tertiary/aromatic N) is 1. The maximum atomic E-state index is 12.6. The number of rotatable bonds is 6. The Morgan fingerprint density at radius 2 is 1.90 bits per heavy atom. The fourth-order valence-corrected chi connectivity index (χ4v) is 1.94. The number of carbonyl (C=O) groups excluding carboxylic acids is 1. The fourth-order valence-electron chi connectivity index (χ4n) is 1.94. The Morgan fingerprint density at radius 1 is 1.10 bits per heavy atom. The molecule has 0 aliphatic heterocycles. The zero-order valence-corrected chi connectivity index (χ0v) is 12.3. The number of benzene rings is 1. The molecule has 0 spiro atoms. The predicted octanol–water partition coefficient (Wildman–Crippen LogP) is 2.73. The molecule has 1 aromatic carbocycles. The molecular formula is C16H17NO4. The van der Waals surface area contributed by atoms with Gasteiger partial charge in [-0.2, -0.15) is 0 Å². The topological polar surface area (TPSA) is 57.7 Å². The molecule has 0 fully saturated rings. The second-order valence-electron chi connectivity index (χ2n) is 4.24. The van der Waals surface area contributed by atoms with Crippen molar-refractivity contribution >= 4 is 5.78 Å². The monoisotopic (exact) mass is 287 g/mol. The molecule has 2 aromatic rings. The SMILES string of the molecule is CCOc1cncc(C(=O)c2cc(OC)ccc2OC)c1. The van der Waals surface area contributed by atoms with Gasteiger partial charge in [0.1, 0.15) is 17.2 Å². The summed E-state index contributed by atoms with van der Waals surface area (Å²) in [5.74, 6) is 1.45. The molecule has 2 rings (SSSR count). The van der Waals surface area contributed by atoms with Crippen molar-refractivity contribution in [1.29, 1.82) is 0 Å². The predicted molar refractivity (Wildman–Crippen MR) is 78.4 cm³/mol. The summed E-state index contributed by atoms with van der Waals surface area (Å²) in [5, 5.41) is 0. The smallest absolute Gasteiger partial charge is 0.198 e. The van der Waals surface area contributed by atoms with Crippen LogP contribution in [0.2, 0.25) is 0 Å². The first-order chi connectivity index (χ1) is 10.2. The standard InChI is InChI=1S/C16H17NO4/c1-4-21-13-7-11(9-17-10-13)16(18)14-8-12(19-2)5-6-15(14)20-3/h5-10H,4H2,1-3H3. The highest BCUT2D eigenvalue weighted by Crippen LogP contribution is 2.27. The molecule has 5 nitrogen and oxygen atoms in total. The summed E-state index contributed by atoms with van der Waals surface area (Å²) in [5.41, 5.74) is 0.861. The maximum Gasteiger partial charge on any atom is 0.198 e. The maximum absolute atomic E-state index is 12.6. The van der Waals surface area contributed by atoms with E-state index in [-0.39, 0.29) is 5.78 Å². The molecule has 0 radical (unpaired) electrons. The molecule has 0 saturated heterocycles. The van der Waals surface area contributed by atoms with Crippen molar-refractivity contribution in [3.63, 3.8) is 0 Å². The van der Waals surface area contributed by atoms with E-state index >= 15 is 0 Å². The van der Waals surface area contributed by atoms with Gasteiger partial charge < -0.3 is 14.2 Å². The largest absolute Gasteiger partial charge is 0.497 e. The third-order valence-electron chi connectivity index (χ3n) is 2.94. The molecule has 0 unspecified atom stereocenters. The molecule has 0 bridgehead atoms. The third kappa shape index (κ3) is 3.31. The molecular weight excluding hydrogens is 270 g/mol. The Kier molecular flexibility index (Phi) is 4.77. The van der Waals surface area contributed by atoms with Crippen LogP contribution < -0.4 is 14.2 Å². The number of ether oxygens (including phenoxy) is 3. The molecule has 1 aromatic heterocycles. The van der Waals surface area contributed by atoms with Crippen LogP contribution in [0.15, 0.2) is 36.7 Å². The Hall–Kier alpha value is -2.56. The van der Waals surface area contributed by atoms with Gasteiger partial charge in [-0.3, -0.25) is 9.78 Å². The number of pyridine rings is 1. The van der Waals surface area contributed by atoms with Crippen molar-refractivity contribution in [3.05, 3.63) is 47.8 Å². The van der Waals surface area contributed by atoms with E-state index in [0.717, 1.165) is 0 Å². The van der Waals surface area contributed by atoms with Crippen molar-refractivity contribution in [2.75, 3.05) is 20.8 Å². The number of ketones is 1. The van der Waals surface area contributed by atoms with Gasteiger partial charge in [0.15, 0.2) is 5.78 Å². The van der Waals surface area contributed by atoms with Gasteiger partial charge in [-0.05, 0) is 31.2 Å². The van der Waals surface area contributed by atoms with Crippen molar-refractivity contribution in [1.82, 2.24) is 4.98 Å². The second-order valence-corrected chi connectivity index (χ2v) is 4.24. The zero-order chi connectivity index (χ0) is 15.2. The lowest BCUT2D eigenvalue weighted by Gasteiger charge is -2.10. The summed E-state index contributed by atoms with van der Waals surface area (Å²) in [6.07, 6.45) is 3.08. The zero-order valence-electron chi connectivity index (χ0n) is 12.3. The number of hydrogen-bond acceptors (Lipinski definition) is 5. The van der Waals surface area contributed by atoms with Crippen LogP contribution in [0.25, 0.3) is 0 Å². The molecule has 0 aliphatic carbocycles. The first kappa shape index (κ1) is 14.8. The minimum Gasteiger partial charge on any atom is -0.497 e. The van der Waals surface area contributed by atoms with Crippen LogP contribution >= 0.6 is 0 Å². The molecule has 1 heterocycles. The number of methoxy groups -OCH3 is 2. The Balaban J connectivity index is 2.41. The third-order valence-corrected chi connectivity index (χ3v) is 2.94. The van der Waals surface area contributed by atoms with Crippen molar-refractivity contribution < 1.29 is 19.0 Å². The summed E-state index contributed by atoms with van der Waals surface area (Å²) in [7, 11) is 3.07. The Bertz CT molecular complexity index is 640. The van der Waals surface area contributed by atoms with Gasteiger partial charge in [-0.25, -0.2) is 0 Å². The molecule has 0 aliphatic rings. The van der Waals surface area contributed by atoms with E-state index in [9.17, 15) is 4.79 Å². The Labute approximate surface area is 123 Å². The van der Waals surface area contributed by atoms with Gasteiger partial charge >= 0.3 is 0 Å². The fraction of sp³-hybridized carbons (Fsp3) is 0.250. The molecule has 5 heteroatoms. The number of carbonyl (C=O) groups is 1. The van der Waals surface area contributed by atoms with Gasteiger partial charge in [0.2, 0.25) is 0 Å². The minimum atomic E-state index is -0.195. The molecule has 110 valence electrons. The number of aromatic nitrogens is 1. The second kappa shape index (κ2) is 6.74. The van der Waals surface area contributed by atoms with Gasteiger partial charge in [0, 0.05) is 11.8 Å². The van der Waals surface area contributed by atoms with Crippen LogP contribution in [0.4, 0.5) is 0 Å². The summed E-state index contributed by atoms with van der Waals surface area (Å²) in [6, 6.07) is 6.75. The van der Waals surface area contributed by atoms with E-state index in [0.29, 0.717) is 35.0 Å². The number of hydrogen-bond donors (Lipinski definition) is 0. The van der Waals surface area contributed by atoms with E-state index in [2.05, 4.69) is 4.98 Å². The van der Waals surface area contributed by atoms with Crippen molar-refractivity contribution in [3.8, 4) is 17.2 Å². The van der Waals surface area contributed by atoms with E-state index in [4.69, 9.17) is 14.2 Å². The highest BCUT2D eigenvalue weighted by Gasteiger charge is 2.16. The molecule has 0 amide bonds. The average Bonchev–Trinajstić information content (AvgIpc) is 2.54. The summed E-state index contributed by atoms with van der Waals surface area (Å²) in [6.45, 7) is 2.39. The molecule has 21 heavy (non-hydrogen) atoms. The quantitative estimate of drug-likeness (QED) is 0.765. The lowest BCUT2D eigenvalue weighted by Crippen LogP contribution is -2.05. The van der Waals surface area contributed by atoms with Gasteiger partial charge in [0.05, 0.1) is 32.6 Å². The van der Waals surface area contributed by atoms with E-state index in [1.807, 2.05) is 6.92 Å². The van der Waals surface area contributed by atoms with E-state index < -0.39 is 0 Å².